The van der Waals surface area contributed by atoms with Crippen LogP contribution in [0.1, 0.15) is 42.9 Å². The first-order valence-corrected chi connectivity index (χ1v) is 14.7. The van der Waals surface area contributed by atoms with Crippen molar-refractivity contribution < 1.29 is 28.9 Å². The van der Waals surface area contributed by atoms with Crippen LogP contribution in [-0.4, -0.2) is 65.5 Å². The summed E-state index contributed by atoms with van der Waals surface area (Å²) in [7, 11) is 1.82. The highest BCUT2D eigenvalue weighted by Crippen LogP contribution is 2.32. The molecule has 44 heavy (non-hydrogen) atoms. The zero-order valence-electron chi connectivity index (χ0n) is 25.2. The van der Waals surface area contributed by atoms with Crippen molar-refractivity contribution in [2.75, 3.05) is 44.0 Å². The van der Waals surface area contributed by atoms with Gasteiger partial charge in [-0.2, -0.15) is 0 Å². The number of anilines is 2. The maximum absolute atomic E-state index is 13.7. The molecule has 236 valence electrons. The highest BCUT2D eigenvalue weighted by atomic mass is 16.7. The fourth-order valence-corrected chi connectivity index (χ4v) is 5.06. The summed E-state index contributed by atoms with van der Waals surface area (Å²) >= 11 is 0. The van der Waals surface area contributed by atoms with Gasteiger partial charge in [0.15, 0.2) is 5.76 Å². The number of amides is 2. The van der Waals surface area contributed by atoms with Crippen molar-refractivity contribution in [2.24, 2.45) is 7.05 Å². The van der Waals surface area contributed by atoms with E-state index in [4.69, 9.17) is 25.1 Å². The largest absolute Gasteiger partial charge is 0.459 e. The van der Waals surface area contributed by atoms with Crippen LogP contribution in [0.3, 0.4) is 0 Å². The van der Waals surface area contributed by atoms with Gasteiger partial charge in [0.25, 0.3) is 11.5 Å². The van der Waals surface area contributed by atoms with Crippen molar-refractivity contribution in [3.8, 4) is 5.69 Å². The molecule has 1 aromatic heterocycles. The Kier molecular flexibility index (Phi) is 11.8. The number of para-hydroxylation sites is 3. The molecular formula is C32H41N5O7. The molecule has 12 nitrogen and oxygen atoms in total. The molecule has 4 rings (SSSR count). The third kappa shape index (κ3) is 8.37. The van der Waals surface area contributed by atoms with Crippen molar-refractivity contribution in [3.05, 3.63) is 88.0 Å². The van der Waals surface area contributed by atoms with Crippen LogP contribution in [0.5, 0.6) is 0 Å². The zero-order chi connectivity index (χ0) is 31.5. The molecule has 0 saturated heterocycles. The van der Waals surface area contributed by atoms with Crippen LogP contribution in [0.2, 0.25) is 0 Å². The van der Waals surface area contributed by atoms with Crippen LogP contribution in [0.25, 0.3) is 5.69 Å². The third-order valence-corrected chi connectivity index (χ3v) is 7.37. The Morgan fingerprint density at radius 2 is 1.82 bits per heavy atom. The van der Waals surface area contributed by atoms with Crippen molar-refractivity contribution in [3.63, 3.8) is 0 Å². The van der Waals surface area contributed by atoms with Crippen molar-refractivity contribution in [1.82, 2.24) is 14.7 Å². The number of benzene rings is 2. The predicted octanol–water partition coefficient (Wildman–Crippen LogP) is 2.73. The lowest BCUT2D eigenvalue weighted by molar-refractivity contribution is -0.151. The van der Waals surface area contributed by atoms with Gasteiger partial charge in [-0.15, -0.1) is 0 Å². The summed E-state index contributed by atoms with van der Waals surface area (Å²) in [6.07, 6.45) is 2.62. The molecule has 0 spiro atoms. The van der Waals surface area contributed by atoms with Crippen LogP contribution >= 0.6 is 0 Å². The number of nitrogen functional groups attached to an aromatic ring is 1. The van der Waals surface area contributed by atoms with Gasteiger partial charge in [0, 0.05) is 43.6 Å². The summed E-state index contributed by atoms with van der Waals surface area (Å²) in [6, 6.07) is 16.4. The quantitative estimate of drug-likeness (QED) is 0.152. The molecule has 2 atom stereocenters. The fraction of sp³-hybridized carbons (Fsp3) is 0.406. The summed E-state index contributed by atoms with van der Waals surface area (Å²) in [4.78, 5) is 39.2. The number of carbonyl (C=O) groups is 2. The number of ether oxygens (including phenoxy) is 3. The summed E-state index contributed by atoms with van der Waals surface area (Å²) in [5.74, 6) is -0.963. The number of rotatable bonds is 15. The zero-order valence-corrected chi connectivity index (χ0v) is 25.2. The van der Waals surface area contributed by atoms with E-state index in [0.29, 0.717) is 42.7 Å². The second-order valence-electron chi connectivity index (χ2n) is 10.5. The second kappa shape index (κ2) is 15.9. The molecule has 0 saturated carbocycles. The van der Waals surface area contributed by atoms with Crippen molar-refractivity contribution in [2.45, 2.75) is 44.8 Å². The van der Waals surface area contributed by atoms with Gasteiger partial charge in [0.2, 0.25) is 12.2 Å². The van der Waals surface area contributed by atoms with Gasteiger partial charge in [0.05, 0.1) is 43.5 Å². The average molecular weight is 608 g/mol. The smallest absolute Gasteiger partial charge is 0.286 e. The minimum Gasteiger partial charge on any atom is -0.459 e. The van der Waals surface area contributed by atoms with E-state index in [9.17, 15) is 14.4 Å². The summed E-state index contributed by atoms with van der Waals surface area (Å²) in [5.41, 5.74) is 8.82. The van der Waals surface area contributed by atoms with Crippen LogP contribution in [-0.2, 0) is 30.8 Å². The first kappa shape index (κ1) is 32.5. The van der Waals surface area contributed by atoms with E-state index in [0.717, 1.165) is 11.4 Å². The number of nitrogens with two attached hydrogens (primary N) is 1. The lowest BCUT2D eigenvalue weighted by atomic mass is 9.93. The van der Waals surface area contributed by atoms with E-state index in [2.05, 4.69) is 10.6 Å². The number of nitrogens with zero attached hydrogens (tertiary/aromatic N) is 2. The number of hydrogen-bond donors (Lipinski definition) is 4. The van der Waals surface area contributed by atoms with Gasteiger partial charge in [0.1, 0.15) is 0 Å². The Hall–Kier alpha value is -4.39. The number of carbonyl (C=O) groups excluding carboxylic acids is 2. The van der Waals surface area contributed by atoms with E-state index in [-0.39, 0.29) is 50.1 Å². The molecule has 0 unspecified atom stereocenters. The summed E-state index contributed by atoms with van der Waals surface area (Å²) < 4.78 is 20.5. The minimum absolute atomic E-state index is 0.0636. The molecule has 3 aromatic rings. The Morgan fingerprint density at radius 1 is 1.07 bits per heavy atom. The normalized spacial score (nSPS) is 16.2. The minimum atomic E-state index is -0.790. The van der Waals surface area contributed by atoms with Gasteiger partial charge in [-0.25, -0.2) is 4.68 Å². The number of hydrogen-bond acceptors (Lipinski definition) is 8. The van der Waals surface area contributed by atoms with E-state index in [1.54, 1.807) is 39.7 Å². The third-order valence-electron chi connectivity index (χ3n) is 7.37. The molecule has 0 radical (unpaired) electrons. The number of aliphatic hydroxyl groups is 1. The molecule has 1 aliphatic rings. The highest BCUT2D eigenvalue weighted by molar-refractivity contribution is 5.93. The Bertz CT molecular complexity index is 1500. The van der Waals surface area contributed by atoms with Crippen LogP contribution < -0.4 is 21.9 Å². The monoisotopic (exact) mass is 607 g/mol. The molecule has 1 aliphatic heterocycles. The lowest BCUT2D eigenvalue weighted by Crippen LogP contribution is -2.34. The molecular weight excluding hydrogens is 566 g/mol. The first-order valence-electron chi connectivity index (χ1n) is 14.7. The van der Waals surface area contributed by atoms with E-state index in [1.807, 2.05) is 44.3 Å². The molecule has 2 amide bonds. The number of allylic oxidation sites excluding steroid dienone is 1. The maximum Gasteiger partial charge on any atom is 0.286 e. The van der Waals surface area contributed by atoms with Gasteiger partial charge in [-0.3, -0.25) is 19.1 Å². The predicted molar refractivity (Wildman–Crippen MR) is 166 cm³/mol. The molecule has 12 heteroatoms. The van der Waals surface area contributed by atoms with E-state index >= 15 is 0 Å². The van der Waals surface area contributed by atoms with Gasteiger partial charge < -0.3 is 35.7 Å². The highest BCUT2D eigenvalue weighted by Gasteiger charge is 2.33. The van der Waals surface area contributed by atoms with Gasteiger partial charge in [-0.05, 0) is 50.1 Å². The van der Waals surface area contributed by atoms with Crippen LogP contribution in [0.4, 0.5) is 11.4 Å². The van der Waals surface area contributed by atoms with Crippen LogP contribution in [0.15, 0.2) is 71.2 Å². The van der Waals surface area contributed by atoms with Crippen molar-refractivity contribution in [1.29, 1.82) is 0 Å². The topological polar surface area (TPSA) is 159 Å². The first-order chi connectivity index (χ1) is 21.3. The molecule has 2 aromatic carbocycles. The van der Waals surface area contributed by atoms with Gasteiger partial charge in [-0.1, -0.05) is 30.3 Å². The maximum atomic E-state index is 13.7. The SMILES string of the molecule is Cc1c([C@@H]2C=C(C(=O)NCCCCC(=O)Nc3ccccc3N)O[C@H](OCCOCCO)C2)c(=O)n(-c2ccccc2)n1C. The molecule has 0 bridgehead atoms. The molecule has 2 heterocycles. The Labute approximate surface area is 256 Å². The van der Waals surface area contributed by atoms with Crippen LogP contribution in [0, 0.1) is 6.92 Å². The molecule has 5 N–H and O–H groups in total. The van der Waals surface area contributed by atoms with E-state index < -0.39 is 18.1 Å². The Balaban J connectivity index is 1.41. The van der Waals surface area contributed by atoms with Crippen molar-refractivity contribution >= 4 is 23.2 Å². The second-order valence-corrected chi connectivity index (χ2v) is 10.5. The lowest BCUT2D eigenvalue weighted by Gasteiger charge is -2.29. The Morgan fingerprint density at radius 3 is 2.57 bits per heavy atom. The fourth-order valence-electron chi connectivity index (χ4n) is 5.06. The summed E-state index contributed by atoms with van der Waals surface area (Å²) in [5, 5.41) is 14.6. The van der Waals surface area contributed by atoms with Gasteiger partial charge >= 0.3 is 0 Å². The number of aromatic nitrogens is 2. The number of aliphatic hydroxyl groups excluding tert-OH is 1. The van der Waals surface area contributed by atoms with E-state index in [1.165, 1.54) is 0 Å². The molecule has 0 fully saturated rings. The standard InChI is InChI=1S/C32H41N5O7/c1-22-30(32(41)37(36(22)2)24-10-4-3-5-11-24)23-20-27(44-29(21-23)43-19-18-42-17-16-38)31(40)34-15-9-8-14-28(39)35-26-13-7-6-12-25(26)33/h3-7,10-13,20,23,29,38H,8-9,14-19,21,33H2,1-2H3,(H,34,40)(H,35,39)/t23-,29+/m1/s1. The summed E-state index contributed by atoms with van der Waals surface area (Å²) in [6.45, 7) is 2.73. The average Bonchev–Trinajstić information content (AvgIpc) is 3.25. The number of nitrogens with one attached hydrogen (secondary N) is 2. The molecule has 0 aliphatic carbocycles. The number of unbranched alkanes of at least 4 members (excludes halogenated alkanes) is 1.